The van der Waals surface area contributed by atoms with Gasteiger partial charge >= 0.3 is 0 Å². The van der Waals surface area contributed by atoms with Crippen LogP contribution in [0.2, 0.25) is 0 Å². The molecule has 0 spiro atoms. The smallest absolute Gasteiger partial charge is 0.243 e. The van der Waals surface area contributed by atoms with Crippen LogP contribution in [0.1, 0.15) is 56.6 Å². The van der Waals surface area contributed by atoms with Crippen molar-refractivity contribution in [2.45, 2.75) is 70.2 Å². The zero-order valence-corrected chi connectivity index (χ0v) is 25.4. The fourth-order valence-electron chi connectivity index (χ4n) is 6.46. The molecule has 2 fully saturated rings. The average Bonchev–Trinajstić information content (AvgIpc) is 2.86. The Kier molecular flexibility index (Phi) is 11.0. The van der Waals surface area contributed by atoms with Gasteiger partial charge in [-0.25, -0.2) is 12.7 Å². The minimum atomic E-state index is -3.70. The van der Waals surface area contributed by atoms with E-state index in [4.69, 9.17) is 4.74 Å². The van der Waals surface area contributed by atoms with E-state index < -0.39 is 10.0 Å². The van der Waals surface area contributed by atoms with Crippen LogP contribution in [-0.4, -0.2) is 95.4 Å². The highest BCUT2D eigenvalue weighted by Gasteiger charge is 2.34. The number of benzene rings is 1. The number of nitrogens with zero attached hydrogens (tertiary/aromatic N) is 3. The molecular weight excluding hydrogens is 500 g/mol. The average molecular weight is 551 g/mol. The molecule has 1 saturated carbocycles. The second-order valence-corrected chi connectivity index (χ2v) is 13.9. The molecule has 1 N–H and O–H groups in total. The number of nitrogens with one attached hydrogen (secondary N) is 1. The monoisotopic (exact) mass is 550 g/mol. The highest BCUT2D eigenvalue weighted by atomic mass is 32.2. The Morgan fingerprint density at radius 2 is 1.68 bits per heavy atom. The van der Waals surface area contributed by atoms with Crippen LogP contribution in [0.15, 0.2) is 17.0 Å². The van der Waals surface area contributed by atoms with Crippen molar-refractivity contribution >= 4 is 15.9 Å². The van der Waals surface area contributed by atoms with Crippen LogP contribution in [0.4, 0.5) is 0 Å². The van der Waals surface area contributed by atoms with Crippen molar-refractivity contribution in [2.24, 2.45) is 17.8 Å². The standard InChI is InChI=1S/C29H50N4O4S/c1-21-18-26(37-7)19-22(2)29(21)38(35,36)32(6)14-13-28(34)30-25-10-8-24(9-11-25)27-12-15-33(20-23(27)3)17-16-31(4)5/h18-19,23-25,27H,8-17,20H2,1-7H3,(H,30,34)/t23-,24-,25+,27?/m1/s1. The van der Waals surface area contributed by atoms with E-state index in [1.165, 1.54) is 36.7 Å². The number of ether oxygens (including phenoxy) is 1. The maximum atomic E-state index is 13.2. The molecular formula is C29H50N4O4S. The van der Waals surface area contributed by atoms with Crippen LogP contribution in [0.25, 0.3) is 0 Å². The first kappa shape index (κ1) is 30.9. The molecule has 1 amide bonds. The number of carbonyl (C=O) groups is 1. The summed E-state index contributed by atoms with van der Waals surface area (Å²) in [6, 6.07) is 3.65. The van der Waals surface area contributed by atoms with Gasteiger partial charge in [0.25, 0.3) is 0 Å². The number of carbonyl (C=O) groups excluding carboxylic acids is 1. The minimum Gasteiger partial charge on any atom is -0.497 e. The maximum absolute atomic E-state index is 13.2. The molecule has 1 saturated heterocycles. The summed E-state index contributed by atoms with van der Waals surface area (Å²) in [7, 11) is 3.69. The quantitative estimate of drug-likeness (QED) is 0.454. The largest absolute Gasteiger partial charge is 0.497 e. The van der Waals surface area contributed by atoms with Gasteiger partial charge in [0.1, 0.15) is 5.75 Å². The first-order valence-corrected chi connectivity index (χ1v) is 15.6. The summed E-state index contributed by atoms with van der Waals surface area (Å²) in [6.07, 6.45) is 5.81. The summed E-state index contributed by atoms with van der Waals surface area (Å²) in [4.78, 5) is 17.9. The molecule has 1 unspecified atom stereocenters. The van der Waals surface area contributed by atoms with Crippen LogP contribution in [0.3, 0.4) is 0 Å². The highest BCUT2D eigenvalue weighted by molar-refractivity contribution is 7.89. The van der Waals surface area contributed by atoms with Crippen LogP contribution >= 0.6 is 0 Å². The molecule has 0 aromatic heterocycles. The number of rotatable bonds is 11. The number of sulfonamides is 1. The highest BCUT2D eigenvalue weighted by Crippen LogP contribution is 2.38. The normalized spacial score (nSPS) is 25.1. The molecule has 1 aliphatic heterocycles. The Morgan fingerprint density at radius 3 is 2.24 bits per heavy atom. The van der Waals surface area contributed by atoms with Crippen LogP contribution in [0, 0.1) is 31.6 Å². The number of methoxy groups -OCH3 is 1. The van der Waals surface area contributed by atoms with Crippen molar-refractivity contribution in [2.75, 3.05) is 61.0 Å². The lowest BCUT2D eigenvalue weighted by molar-refractivity contribution is -0.122. The third-order valence-electron chi connectivity index (χ3n) is 8.65. The molecule has 9 heteroatoms. The predicted octanol–water partition coefficient (Wildman–Crippen LogP) is 3.52. The molecule has 3 rings (SSSR count). The molecule has 1 aromatic rings. The molecule has 2 atom stereocenters. The fraction of sp³-hybridized carbons (Fsp3) is 0.759. The molecule has 1 heterocycles. The van der Waals surface area contributed by atoms with Gasteiger partial charge in [0, 0.05) is 45.7 Å². The summed E-state index contributed by atoms with van der Waals surface area (Å²) >= 11 is 0. The van der Waals surface area contributed by atoms with Crippen molar-refractivity contribution in [1.29, 1.82) is 0 Å². The van der Waals surface area contributed by atoms with Gasteiger partial charge in [0.2, 0.25) is 15.9 Å². The SMILES string of the molecule is COc1cc(C)c(S(=O)(=O)N(C)CCC(=O)N[C@H]2CC[C@@H](C3CCN(CCN(C)C)C[C@H]3C)CC2)c(C)c1. The summed E-state index contributed by atoms with van der Waals surface area (Å²) in [5.41, 5.74) is 1.28. The van der Waals surface area contributed by atoms with E-state index in [0.717, 1.165) is 43.7 Å². The second kappa shape index (κ2) is 13.6. The van der Waals surface area contributed by atoms with E-state index in [0.29, 0.717) is 16.9 Å². The van der Waals surface area contributed by atoms with E-state index in [1.807, 2.05) is 0 Å². The number of likely N-dealkylation sites (tertiary alicyclic amines) is 1. The van der Waals surface area contributed by atoms with E-state index >= 15 is 0 Å². The summed E-state index contributed by atoms with van der Waals surface area (Å²) < 4.78 is 33.0. The van der Waals surface area contributed by atoms with E-state index in [1.54, 1.807) is 40.1 Å². The van der Waals surface area contributed by atoms with Crippen molar-refractivity contribution in [3.05, 3.63) is 23.3 Å². The third-order valence-corrected chi connectivity index (χ3v) is 10.8. The van der Waals surface area contributed by atoms with Gasteiger partial charge in [-0.05, 0) is 108 Å². The number of hydrogen-bond acceptors (Lipinski definition) is 6. The van der Waals surface area contributed by atoms with Gasteiger partial charge < -0.3 is 19.9 Å². The first-order valence-electron chi connectivity index (χ1n) is 14.2. The lowest BCUT2D eigenvalue weighted by Crippen LogP contribution is -2.46. The summed E-state index contributed by atoms with van der Waals surface area (Å²) in [5, 5.41) is 3.18. The Bertz CT molecular complexity index is 1010. The number of piperidine rings is 1. The van der Waals surface area contributed by atoms with Gasteiger partial charge in [-0.2, -0.15) is 0 Å². The van der Waals surface area contributed by atoms with Crippen molar-refractivity contribution in [3.8, 4) is 5.75 Å². The van der Waals surface area contributed by atoms with Gasteiger partial charge in [-0.1, -0.05) is 6.92 Å². The number of likely N-dealkylation sites (N-methyl/N-ethyl adjacent to an activating group) is 1. The lowest BCUT2D eigenvalue weighted by Gasteiger charge is -2.43. The fourth-order valence-corrected chi connectivity index (χ4v) is 8.03. The van der Waals surface area contributed by atoms with Gasteiger partial charge in [0.05, 0.1) is 12.0 Å². The Morgan fingerprint density at radius 1 is 1.05 bits per heavy atom. The van der Waals surface area contributed by atoms with Gasteiger partial charge in [-0.3, -0.25) is 4.79 Å². The molecule has 216 valence electrons. The third kappa shape index (κ3) is 7.93. The number of hydrogen-bond donors (Lipinski definition) is 1. The van der Waals surface area contributed by atoms with E-state index in [-0.39, 0.29) is 29.8 Å². The number of amides is 1. The van der Waals surface area contributed by atoms with Crippen molar-refractivity contribution in [1.82, 2.24) is 19.4 Å². The summed E-state index contributed by atoms with van der Waals surface area (Å²) in [6.45, 7) is 10.8. The first-order chi connectivity index (χ1) is 17.9. The number of aryl methyl sites for hydroxylation is 2. The van der Waals surface area contributed by atoms with Gasteiger partial charge in [0.15, 0.2) is 0 Å². The summed E-state index contributed by atoms with van der Waals surface area (Å²) in [5.74, 6) is 2.82. The zero-order valence-electron chi connectivity index (χ0n) is 24.6. The second-order valence-electron chi connectivity index (χ2n) is 11.9. The molecule has 2 aliphatic rings. The van der Waals surface area contributed by atoms with Crippen LogP contribution in [0.5, 0.6) is 5.75 Å². The molecule has 1 aromatic carbocycles. The van der Waals surface area contributed by atoms with Gasteiger partial charge in [-0.15, -0.1) is 0 Å². The zero-order chi connectivity index (χ0) is 28.0. The Hall–Kier alpha value is -1.68. The van der Waals surface area contributed by atoms with Crippen LogP contribution in [-0.2, 0) is 14.8 Å². The van der Waals surface area contributed by atoms with E-state index in [9.17, 15) is 13.2 Å². The topological polar surface area (TPSA) is 82.2 Å². The van der Waals surface area contributed by atoms with Crippen molar-refractivity contribution in [3.63, 3.8) is 0 Å². The predicted molar refractivity (Wildman–Crippen MR) is 153 cm³/mol. The molecule has 8 nitrogen and oxygen atoms in total. The Balaban J connectivity index is 1.43. The Labute approximate surface area is 231 Å². The molecule has 0 radical (unpaired) electrons. The van der Waals surface area contributed by atoms with Crippen LogP contribution < -0.4 is 10.1 Å². The van der Waals surface area contributed by atoms with E-state index in [2.05, 4.69) is 36.1 Å². The van der Waals surface area contributed by atoms with Crippen molar-refractivity contribution < 1.29 is 17.9 Å². The lowest BCUT2D eigenvalue weighted by atomic mass is 9.70. The molecule has 1 aliphatic carbocycles. The maximum Gasteiger partial charge on any atom is 0.243 e. The molecule has 0 bridgehead atoms. The minimum absolute atomic E-state index is 0.0683. The molecule has 38 heavy (non-hydrogen) atoms.